The fraction of sp³-hybridized carbons (Fsp3) is 0.750. The smallest absolute Gasteiger partial charge is 0.197 e. The Morgan fingerprint density at radius 3 is 2.71 bits per heavy atom. The van der Waals surface area contributed by atoms with Gasteiger partial charge >= 0.3 is 0 Å². The molecule has 5 heteroatoms. The van der Waals surface area contributed by atoms with Crippen molar-refractivity contribution in [2.24, 2.45) is 0 Å². The van der Waals surface area contributed by atoms with Crippen LogP contribution in [-0.2, 0) is 0 Å². The van der Waals surface area contributed by atoms with Crippen LogP contribution in [0.4, 0.5) is 10.8 Å². The number of ether oxygens (including phenoxy) is 1. The minimum atomic E-state index is 0.531. The van der Waals surface area contributed by atoms with Crippen LogP contribution in [0, 0.1) is 0 Å². The molecule has 1 heterocycles. The summed E-state index contributed by atoms with van der Waals surface area (Å²) >= 11 is 1.46. The van der Waals surface area contributed by atoms with E-state index < -0.39 is 0 Å². The minimum Gasteiger partial charge on any atom is -0.487 e. The lowest BCUT2D eigenvalue weighted by atomic mass is 10.2. The Morgan fingerprint density at radius 1 is 1.41 bits per heavy atom. The topological polar surface area (TPSA) is 51.4 Å². The van der Waals surface area contributed by atoms with Crippen molar-refractivity contribution in [1.29, 1.82) is 0 Å². The van der Waals surface area contributed by atoms with Crippen molar-refractivity contribution in [2.75, 3.05) is 23.8 Å². The Morgan fingerprint density at radius 2 is 2.12 bits per heavy atom. The number of nitrogens with two attached hydrogens (primary N) is 1. The average molecular weight is 255 g/mol. The van der Waals surface area contributed by atoms with Gasteiger partial charge in [-0.1, -0.05) is 12.8 Å². The van der Waals surface area contributed by atoms with E-state index in [1.165, 1.54) is 37.2 Å². The highest BCUT2D eigenvalue weighted by atomic mass is 32.1. The van der Waals surface area contributed by atoms with Crippen molar-refractivity contribution >= 4 is 22.4 Å². The van der Waals surface area contributed by atoms with Crippen LogP contribution in [-0.4, -0.2) is 23.6 Å². The standard InChI is InChI=1S/C12H21N3OS/c1-3-15(9-7-5-6-8-9)12-10(16-4-2)11(13)14-17-12/h9H,3-8H2,1-2H3,(H2,13,14). The summed E-state index contributed by atoms with van der Waals surface area (Å²) in [6.07, 6.45) is 5.22. The second-order valence-electron chi connectivity index (χ2n) is 4.36. The lowest BCUT2D eigenvalue weighted by Crippen LogP contribution is -2.32. The first-order chi connectivity index (χ1) is 8.27. The highest BCUT2D eigenvalue weighted by molar-refractivity contribution is 7.11. The van der Waals surface area contributed by atoms with Gasteiger partial charge in [-0.2, -0.15) is 4.37 Å². The Hall–Kier alpha value is -0.970. The number of rotatable bonds is 5. The number of nitrogen functional groups attached to an aromatic ring is 1. The molecule has 0 unspecified atom stereocenters. The van der Waals surface area contributed by atoms with Gasteiger partial charge in [-0.15, -0.1) is 0 Å². The predicted molar refractivity (Wildman–Crippen MR) is 73.0 cm³/mol. The van der Waals surface area contributed by atoms with E-state index in [-0.39, 0.29) is 0 Å². The first kappa shape index (κ1) is 12.5. The van der Waals surface area contributed by atoms with E-state index >= 15 is 0 Å². The van der Waals surface area contributed by atoms with E-state index in [2.05, 4.69) is 16.2 Å². The maximum Gasteiger partial charge on any atom is 0.197 e. The molecule has 1 fully saturated rings. The molecule has 0 saturated heterocycles. The molecule has 1 aromatic heterocycles. The van der Waals surface area contributed by atoms with Crippen molar-refractivity contribution in [1.82, 2.24) is 4.37 Å². The van der Waals surface area contributed by atoms with Crippen molar-refractivity contribution in [3.63, 3.8) is 0 Å². The minimum absolute atomic E-state index is 0.531. The Bertz CT molecular complexity index is 361. The molecule has 17 heavy (non-hydrogen) atoms. The van der Waals surface area contributed by atoms with Crippen LogP contribution < -0.4 is 15.4 Å². The number of nitrogens with zero attached hydrogens (tertiary/aromatic N) is 2. The first-order valence-electron chi connectivity index (χ1n) is 6.42. The van der Waals surface area contributed by atoms with Crippen molar-refractivity contribution in [3.05, 3.63) is 0 Å². The molecular weight excluding hydrogens is 234 g/mol. The Labute approximate surface area is 107 Å². The van der Waals surface area contributed by atoms with Crippen LogP contribution in [0.1, 0.15) is 39.5 Å². The number of anilines is 2. The number of hydrogen-bond donors (Lipinski definition) is 1. The maximum absolute atomic E-state index is 5.87. The van der Waals surface area contributed by atoms with Crippen molar-refractivity contribution < 1.29 is 4.74 Å². The molecule has 1 aliphatic rings. The van der Waals surface area contributed by atoms with Gasteiger partial charge in [0.15, 0.2) is 16.6 Å². The largest absolute Gasteiger partial charge is 0.487 e. The summed E-state index contributed by atoms with van der Waals surface area (Å²) in [5, 5.41) is 1.11. The molecule has 0 radical (unpaired) electrons. The molecule has 1 saturated carbocycles. The molecule has 4 nitrogen and oxygen atoms in total. The third-order valence-corrected chi connectivity index (χ3v) is 4.19. The summed E-state index contributed by atoms with van der Waals surface area (Å²) in [5.74, 6) is 1.31. The molecule has 0 bridgehead atoms. The van der Waals surface area contributed by atoms with Crippen LogP contribution in [0.5, 0.6) is 5.75 Å². The van der Waals surface area contributed by atoms with E-state index in [0.29, 0.717) is 18.5 Å². The molecule has 1 aliphatic carbocycles. The fourth-order valence-electron chi connectivity index (χ4n) is 2.53. The van der Waals surface area contributed by atoms with Crippen molar-refractivity contribution in [2.45, 2.75) is 45.6 Å². The van der Waals surface area contributed by atoms with Crippen molar-refractivity contribution in [3.8, 4) is 5.75 Å². The summed E-state index contributed by atoms with van der Waals surface area (Å²) in [6.45, 7) is 5.79. The van der Waals surface area contributed by atoms with E-state index in [1.807, 2.05) is 6.92 Å². The second kappa shape index (κ2) is 5.58. The van der Waals surface area contributed by atoms with Gasteiger partial charge < -0.3 is 15.4 Å². The quantitative estimate of drug-likeness (QED) is 0.879. The summed E-state index contributed by atoms with van der Waals surface area (Å²) in [6, 6.07) is 0.638. The van der Waals surface area contributed by atoms with Gasteiger partial charge in [-0.05, 0) is 38.2 Å². The second-order valence-corrected chi connectivity index (χ2v) is 5.11. The lowest BCUT2D eigenvalue weighted by molar-refractivity contribution is 0.342. The van der Waals surface area contributed by atoms with Gasteiger partial charge in [0.1, 0.15) is 0 Å². The first-order valence-corrected chi connectivity index (χ1v) is 7.19. The molecule has 0 amide bonds. The van der Waals surface area contributed by atoms with Crippen LogP contribution in [0.2, 0.25) is 0 Å². The molecular formula is C12H21N3OS. The Balaban J connectivity index is 2.23. The molecule has 0 spiro atoms. The summed E-state index contributed by atoms with van der Waals surface area (Å²) < 4.78 is 9.86. The Kier molecular flexibility index (Phi) is 4.10. The molecule has 0 aromatic carbocycles. The zero-order valence-electron chi connectivity index (χ0n) is 10.6. The SMILES string of the molecule is CCOc1c(N)nsc1N(CC)C1CCCC1. The van der Waals surface area contributed by atoms with E-state index in [1.54, 1.807) is 0 Å². The highest BCUT2D eigenvalue weighted by Gasteiger charge is 2.26. The molecule has 0 atom stereocenters. The zero-order valence-corrected chi connectivity index (χ0v) is 11.4. The highest BCUT2D eigenvalue weighted by Crippen LogP contribution is 2.41. The maximum atomic E-state index is 5.87. The van der Waals surface area contributed by atoms with Gasteiger partial charge in [0.2, 0.25) is 0 Å². The van der Waals surface area contributed by atoms with Crippen LogP contribution in [0.3, 0.4) is 0 Å². The van der Waals surface area contributed by atoms with E-state index in [0.717, 1.165) is 17.3 Å². The van der Waals surface area contributed by atoms with E-state index in [9.17, 15) is 0 Å². The van der Waals surface area contributed by atoms with Gasteiger partial charge in [-0.25, -0.2) is 0 Å². The summed E-state index contributed by atoms with van der Waals surface area (Å²) in [5.41, 5.74) is 5.87. The van der Waals surface area contributed by atoms with E-state index in [4.69, 9.17) is 10.5 Å². The molecule has 2 rings (SSSR count). The normalized spacial score (nSPS) is 16.4. The van der Waals surface area contributed by atoms with Crippen LogP contribution in [0.25, 0.3) is 0 Å². The number of aromatic nitrogens is 1. The van der Waals surface area contributed by atoms with Gasteiger partial charge in [-0.3, -0.25) is 0 Å². The fourth-order valence-corrected chi connectivity index (χ4v) is 3.43. The zero-order chi connectivity index (χ0) is 12.3. The van der Waals surface area contributed by atoms with Gasteiger partial charge in [0, 0.05) is 12.6 Å². The monoisotopic (exact) mass is 255 g/mol. The van der Waals surface area contributed by atoms with Crippen LogP contribution in [0.15, 0.2) is 0 Å². The summed E-state index contributed by atoms with van der Waals surface area (Å²) in [7, 11) is 0. The average Bonchev–Trinajstić information content (AvgIpc) is 2.95. The predicted octanol–water partition coefficient (Wildman–Crippen LogP) is 2.89. The van der Waals surface area contributed by atoms with Gasteiger partial charge in [0.05, 0.1) is 6.61 Å². The third-order valence-electron chi connectivity index (χ3n) is 3.31. The molecule has 0 aliphatic heterocycles. The van der Waals surface area contributed by atoms with Gasteiger partial charge in [0.25, 0.3) is 0 Å². The molecule has 96 valence electrons. The lowest BCUT2D eigenvalue weighted by Gasteiger charge is -2.28. The number of hydrogen-bond acceptors (Lipinski definition) is 5. The van der Waals surface area contributed by atoms with Crippen LogP contribution >= 0.6 is 11.5 Å². The molecule has 2 N–H and O–H groups in total. The molecule has 1 aromatic rings. The third kappa shape index (κ3) is 2.49. The summed E-state index contributed by atoms with van der Waals surface area (Å²) in [4.78, 5) is 2.41.